The fourth-order valence-corrected chi connectivity index (χ4v) is 2.02. The minimum absolute atomic E-state index is 0.0677. The average molecular weight is 281 g/mol. The van der Waals surface area contributed by atoms with Crippen molar-refractivity contribution in [3.8, 4) is 0 Å². The molecule has 1 aliphatic carbocycles. The van der Waals surface area contributed by atoms with Gasteiger partial charge < -0.3 is 10.0 Å². The van der Waals surface area contributed by atoms with Crippen molar-refractivity contribution in [1.29, 1.82) is 0 Å². The summed E-state index contributed by atoms with van der Waals surface area (Å²) in [6.45, 7) is 3.34. The molecular formula is C12H15F4NO2. The van der Waals surface area contributed by atoms with E-state index in [-0.39, 0.29) is 6.08 Å². The molecule has 19 heavy (non-hydrogen) atoms. The molecule has 2 unspecified atom stereocenters. The maximum atomic E-state index is 14.6. The van der Waals surface area contributed by atoms with Crippen LogP contribution in [-0.4, -0.2) is 41.3 Å². The van der Waals surface area contributed by atoms with Gasteiger partial charge in [-0.2, -0.15) is 0 Å². The summed E-state index contributed by atoms with van der Waals surface area (Å²) in [5, 5.41) is 8.84. The second kappa shape index (κ2) is 5.73. The smallest absolute Gasteiger partial charge is 0.317 e. The first kappa shape index (κ1) is 15.7. The third-order valence-corrected chi connectivity index (χ3v) is 3.18. The topological polar surface area (TPSA) is 40.5 Å². The summed E-state index contributed by atoms with van der Waals surface area (Å²) >= 11 is 0. The van der Waals surface area contributed by atoms with E-state index in [9.17, 15) is 22.4 Å². The van der Waals surface area contributed by atoms with Gasteiger partial charge in [-0.3, -0.25) is 4.79 Å². The van der Waals surface area contributed by atoms with Crippen molar-refractivity contribution >= 4 is 5.97 Å². The average Bonchev–Trinajstić information content (AvgIpc) is 2.33. The van der Waals surface area contributed by atoms with E-state index >= 15 is 0 Å². The molecule has 0 fully saturated rings. The van der Waals surface area contributed by atoms with E-state index in [0.29, 0.717) is 13.1 Å². The summed E-state index contributed by atoms with van der Waals surface area (Å²) in [5.74, 6) is -9.52. The Kier molecular flexibility index (Phi) is 4.73. The number of nitrogens with zero attached hydrogens (tertiary/aromatic N) is 1. The minimum atomic E-state index is -3.10. The highest BCUT2D eigenvalue weighted by Crippen LogP contribution is 2.43. The van der Waals surface area contributed by atoms with Gasteiger partial charge in [-0.25, -0.2) is 17.6 Å². The fourth-order valence-electron chi connectivity index (χ4n) is 2.02. The van der Waals surface area contributed by atoms with E-state index in [1.807, 2.05) is 0 Å². The zero-order valence-electron chi connectivity index (χ0n) is 10.6. The summed E-state index contributed by atoms with van der Waals surface area (Å²) in [4.78, 5) is 12.3. The number of rotatable bonds is 5. The van der Waals surface area contributed by atoms with E-state index in [2.05, 4.69) is 0 Å². The molecule has 2 atom stereocenters. The van der Waals surface area contributed by atoms with E-state index in [4.69, 9.17) is 5.11 Å². The SMILES string of the molecule is CCN(CC)CC1(F)C(F)=CC(F)=C(F)C1C(=O)O. The molecule has 1 N–H and O–H groups in total. The predicted molar refractivity (Wildman–Crippen MR) is 61.2 cm³/mol. The van der Waals surface area contributed by atoms with E-state index in [0.717, 1.165) is 0 Å². The summed E-state index contributed by atoms with van der Waals surface area (Å²) in [6.07, 6.45) is 0.0677. The number of aliphatic carboxylic acids is 1. The highest BCUT2D eigenvalue weighted by atomic mass is 19.2. The van der Waals surface area contributed by atoms with Crippen LogP contribution >= 0.6 is 0 Å². The van der Waals surface area contributed by atoms with Gasteiger partial charge in [0.2, 0.25) is 0 Å². The molecule has 0 aromatic heterocycles. The predicted octanol–water partition coefficient (Wildman–Crippen LogP) is 2.75. The van der Waals surface area contributed by atoms with Gasteiger partial charge in [0.15, 0.2) is 23.2 Å². The van der Waals surface area contributed by atoms with Gasteiger partial charge in [0.1, 0.15) is 5.83 Å². The van der Waals surface area contributed by atoms with Gasteiger partial charge in [0, 0.05) is 12.6 Å². The first-order chi connectivity index (χ1) is 8.77. The molecule has 0 aromatic carbocycles. The van der Waals surface area contributed by atoms with Gasteiger partial charge >= 0.3 is 5.97 Å². The minimum Gasteiger partial charge on any atom is -0.481 e. The molecule has 0 bridgehead atoms. The highest BCUT2D eigenvalue weighted by molar-refractivity contribution is 5.76. The van der Waals surface area contributed by atoms with Crippen LogP contribution in [0.2, 0.25) is 0 Å². The lowest BCUT2D eigenvalue weighted by atomic mass is 9.82. The third kappa shape index (κ3) is 2.80. The monoisotopic (exact) mass is 281 g/mol. The van der Waals surface area contributed by atoms with Gasteiger partial charge in [0.05, 0.1) is 0 Å². The third-order valence-electron chi connectivity index (χ3n) is 3.18. The van der Waals surface area contributed by atoms with Gasteiger partial charge in [0.25, 0.3) is 0 Å². The van der Waals surface area contributed by atoms with Crippen LogP contribution < -0.4 is 0 Å². The fraction of sp³-hybridized carbons (Fsp3) is 0.583. The van der Waals surface area contributed by atoms with Gasteiger partial charge in [-0.05, 0) is 13.1 Å². The van der Waals surface area contributed by atoms with Crippen LogP contribution in [0.15, 0.2) is 23.6 Å². The number of carboxylic acids is 1. The number of alkyl halides is 1. The quantitative estimate of drug-likeness (QED) is 0.788. The Morgan fingerprint density at radius 3 is 2.32 bits per heavy atom. The van der Waals surface area contributed by atoms with Crippen molar-refractivity contribution in [2.24, 2.45) is 5.92 Å². The summed E-state index contributed by atoms with van der Waals surface area (Å²) < 4.78 is 54.8. The van der Waals surface area contributed by atoms with Crippen LogP contribution in [-0.2, 0) is 4.79 Å². The molecule has 0 amide bonds. The second-order valence-corrected chi connectivity index (χ2v) is 4.28. The Labute approximate surface area is 108 Å². The Hall–Kier alpha value is -1.37. The standard InChI is InChI=1S/C12H15F4NO2/c1-3-17(4-2)6-12(16)8(14)5-7(13)10(15)9(12)11(18)19/h5,9H,3-4,6H2,1-2H3,(H,18,19). The molecule has 0 spiro atoms. The van der Waals surface area contributed by atoms with Crippen LogP contribution in [0, 0.1) is 5.92 Å². The van der Waals surface area contributed by atoms with Crippen LogP contribution in [0.5, 0.6) is 0 Å². The Morgan fingerprint density at radius 1 is 1.37 bits per heavy atom. The zero-order valence-corrected chi connectivity index (χ0v) is 10.6. The van der Waals surface area contributed by atoms with Crippen molar-refractivity contribution in [2.45, 2.75) is 19.5 Å². The maximum Gasteiger partial charge on any atom is 0.317 e. The molecular weight excluding hydrogens is 266 g/mol. The van der Waals surface area contributed by atoms with Crippen molar-refractivity contribution in [3.05, 3.63) is 23.6 Å². The first-order valence-corrected chi connectivity index (χ1v) is 5.84. The summed E-state index contributed by atoms with van der Waals surface area (Å²) in [7, 11) is 0. The lowest BCUT2D eigenvalue weighted by Gasteiger charge is -2.35. The largest absolute Gasteiger partial charge is 0.481 e. The van der Waals surface area contributed by atoms with Crippen molar-refractivity contribution in [2.75, 3.05) is 19.6 Å². The lowest BCUT2D eigenvalue weighted by molar-refractivity contribution is -0.146. The van der Waals surface area contributed by atoms with Gasteiger partial charge in [-0.15, -0.1) is 0 Å². The number of carboxylic acid groups (broad SMARTS) is 1. The molecule has 0 aliphatic heterocycles. The number of carbonyl (C=O) groups is 1. The molecule has 3 nitrogen and oxygen atoms in total. The molecule has 1 aliphatic rings. The summed E-state index contributed by atoms with van der Waals surface area (Å²) in [5.41, 5.74) is -3.10. The van der Waals surface area contributed by atoms with Crippen molar-refractivity contribution in [1.82, 2.24) is 4.90 Å². The van der Waals surface area contributed by atoms with Crippen LogP contribution in [0.3, 0.4) is 0 Å². The normalized spacial score (nSPS) is 27.7. The molecule has 0 saturated heterocycles. The molecule has 108 valence electrons. The van der Waals surface area contributed by atoms with Crippen molar-refractivity contribution in [3.63, 3.8) is 0 Å². The van der Waals surface area contributed by atoms with Crippen LogP contribution in [0.4, 0.5) is 17.6 Å². The first-order valence-electron chi connectivity index (χ1n) is 5.84. The molecule has 0 aromatic rings. The summed E-state index contributed by atoms with van der Waals surface area (Å²) in [6, 6.07) is 0. The molecule has 0 radical (unpaired) electrons. The van der Waals surface area contributed by atoms with Crippen LogP contribution in [0.1, 0.15) is 13.8 Å². The molecule has 7 heteroatoms. The molecule has 1 rings (SSSR count). The lowest BCUT2D eigenvalue weighted by Crippen LogP contribution is -2.50. The second-order valence-electron chi connectivity index (χ2n) is 4.28. The number of allylic oxidation sites excluding steroid dienone is 2. The number of hydrogen-bond acceptors (Lipinski definition) is 2. The van der Waals surface area contributed by atoms with Crippen molar-refractivity contribution < 1.29 is 27.5 Å². The van der Waals surface area contributed by atoms with E-state index in [1.165, 1.54) is 4.90 Å². The highest BCUT2D eigenvalue weighted by Gasteiger charge is 2.54. The maximum absolute atomic E-state index is 14.6. The Morgan fingerprint density at radius 2 is 1.89 bits per heavy atom. The Balaban J connectivity index is 3.22. The number of halogens is 4. The Bertz CT molecular complexity index is 431. The van der Waals surface area contributed by atoms with E-state index < -0.39 is 41.6 Å². The van der Waals surface area contributed by atoms with Crippen LogP contribution in [0.25, 0.3) is 0 Å². The van der Waals surface area contributed by atoms with E-state index in [1.54, 1.807) is 13.8 Å². The van der Waals surface area contributed by atoms with Gasteiger partial charge in [-0.1, -0.05) is 13.8 Å². The zero-order chi connectivity index (χ0) is 14.8. The molecule has 0 heterocycles. The number of hydrogen-bond donors (Lipinski definition) is 1. The molecule has 0 saturated carbocycles.